The van der Waals surface area contributed by atoms with Gasteiger partial charge < -0.3 is 24.7 Å². The molecule has 3 rings (SSSR count). The van der Waals surface area contributed by atoms with Gasteiger partial charge in [-0.2, -0.15) is 13.8 Å². The summed E-state index contributed by atoms with van der Waals surface area (Å²) >= 11 is 0. The molecule has 14 nitrogen and oxygen atoms in total. The van der Waals surface area contributed by atoms with Crippen LogP contribution in [0.2, 0.25) is 0 Å². The average Bonchev–Trinajstić information content (AvgIpc) is 3.22. The molecule has 1 saturated heterocycles. The van der Waals surface area contributed by atoms with Crippen molar-refractivity contribution in [3.63, 3.8) is 0 Å². The largest absolute Gasteiger partial charge is 0.443 e. The summed E-state index contributed by atoms with van der Waals surface area (Å²) in [4.78, 5) is 43.5. The van der Waals surface area contributed by atoms with Crippen molar-refractivity contribution in [1.29, 1.82) is 0 Å². The maximum absolute atomic E-state index is 14.1. The Morgan fingerprint density at radius 1 is 1.52 bits per heavy atom. The number of aliphatic hydroxyl groups excluding tert-OH is 2. The van der Waals surface area contributed by atoms with E-state index < -0.39 is 54.2 Å². The summed E-state index contributed by atoms with van der Waals surface area (Å²) in [5.41, 5.74) is -0.945. The van der Waals surface area contributed by atoms with E-state index in [2.05, 4.69) is 20.3 Å². The number of nitro groups is 1. The third kappa shape index (κ3) is 4.81. The second-order valence-corrected chi connectivity index (χ2v) is 6.38. The minimum atomic E-state index is -3.87. The lowest BCUT2D eigenvalue weighted by Gasteiger charge is -2.21. The number of H-pyrrole nitrogens is 1. The highest BCUT2D eigenvalue weighted by atomic mass is 19.3. The number of hydrogen-bond donors (Lipinski definition) is 4. The molecule has 1 unspecified atom stereocenters. The normalized spacial score (nSPS) is 22.3. The van der Waals surface area contributed by atoms with Crippen LogP contribution in [0.25, 0.3) is 0 Å². The first kappa shape index (κ1) is 22.2. The summed E-state index contributed by atoms with van der Waals surface area (Å²) in [6.45, 7) is -1.74. The van der Waals surface area contributed by atoms with Gasteiger partial charge in [0.25, 0.3) is 6.54 Å². The minimum absolute atomic E-state index is 0.0637. The van der Waals surface area contributed by atoms with Crippen LogP contribution >= 0.6 is 0 Å². The number of amides is 1. The van der Waals surface area contributed by atoms with E-state index in [-0.39, 0.29) is 23.9 Å². The average molecular weight is 446 g/mol. The van der Waals surface area contributed by atoms with E-state index in [1.54, 1.807) is 0 Å². The molecule has 2 aromatic heterocycles. The van der Waals surface area contributed by atoms with Crippen LogP contribution in [-0.4, -0.2) is 65.5 Å². The first-order chi connectivity index (χ1) is 14.6. The quantitative estimate of drug-likeness (QED) is 0.314. The highest BCUT2D eigenvalue weighted by Gasteiger charge is 2.59. The summed E-state index contributed by atoms with van der Waals surface area (Å²) in [5, 5.41) is 31.0. The van der Waals surface area contributed by atoms with Gasteiger partial charge in [-0.1, -0.05) is 0 Å². The molecule has 3 heterocycles. The van der Waals surface area contributed by atoms with Gasteiger partial charge in [0, 0.05) is 11.1 Å². The van der Waals surface area contributed by atoms with Crippen LogP contribution in [0.3, 0.4) is 0 Å². The number of nitrogens with one attached hydrogen (secondary N) is 2. The number of hydrogen-bond acceptors (Lipinski definition) is 10. The Morgan fingerprint density at radius 2 is 2.26 bits per heavy atom. The van der Waals surface area contributed by atoms with Gasteiger partial charge in [0.15, 0.2) is 11.9 Å². The smallest absolute Gasteiger partial charge is 0.413 e. The number of nitrogens with zero attached hydrogens (tertiary/aromatic N) is 4. The molecule has 1 aliphatic heterocycles. The molecule has 4 N–H and O–H groups in total. The molecule has 0 saturated carbocycles. The van der Waals surface area contributed by atoms with Gasteiger partial charge in [-0.05, 0) is 6.07 Å². The number of aromatic amines is 1. The Kier molecular flexibility index (Phi) is 6.23. The van der Waals surface area contributed by atoms with Crippen molar-refractivity contribution in [2.24, 2.45) is 0 Å². The Balaban J connectivity index is 1.61. The monoisotopic (exact) mass is 446 g/mol. The second-order valence-electron chi connectivity index (χ2n) is 6.38. The first-order valence-electron chi connectivity index (χ1n) is 8.61. The predicted molar refractivity (Wildman–Crippen MR) is 93.5 cm³/mol. The van der Waals surface area contributed by atoms with Gasteiger partial charge in [0.05, 0.1) is 18.5 Å². The second kappa shape index (κ2) is 8.70. The number of aromatic nitrogens is 4. The summed E-state index contributed by atoms with van der Waals surface area (Å²) in [7, 11) is 0. The molecule has 31 heavy (non-hydrogen) atoms. The zero-order valence-electron chi connectivity index (χ0n) is 15.5. The molecular formula is C15H16F2N6O8. The number of anilines is 1. The van der Waals surface area contributed by atoms with Crippen molar-refractivity contribution < 1.29 is 38.2 Å². The number of halogens is 2. The van der Waals surface area contributed by atoms with Crippen molar-refractivity contribution in [3.05, 3.63) is 50.6 Å². The number of imidazole rings is 1. The van der Waals surface area contributed by atoms with Crippen molar-refractivity contribution in [2.45, 2.75) is 37.5 Å². The number of aliphatic hydroxyl groups is 2. The van der Waals surface area contributed by atoms with Gasteiger partial charge in [0.1, 0.15) is 18.5 Å². The lowest BCUT2D eigenvalue weighted by atomic mass is 10.1. The van der Waals surface area contributed by atoms with Crippen molar-refractivity contribution in [1.82, 2.24) is 19.5 Å². The standard InChI is InChI=1S/C15H16F2N6O8/c16-15(17)11(25)8(5-24)31-12(15)22-2-1-9(20-13(22)26)21-14(27)30-6-7-3-18-10(19-7)4-23(28)29/h1-3,8,11-12,24-25H,4-6H2,(H,18,19)(H,20,21,26,27)/t8-,11?,12-/m1/s1. The van der Waals surface area contributed by atoms with E-state index in [0.29, 0.717) is 4.57 Å². The number of alkyl halides is 2. The van der Waals surface area contributed by atoms with E-state index in [9.17, 15) is 33.6 Å². The number of rotatable bonds is 7. The molecule has 0 aliphatic carbocycles. The fourth-order valence-corrected chi connectivity index (χ4v) is 2.74. The molecule has 1 amide bonds. The fraction of sp³-hybridized carbons (Fsp3) is 0.467. The molecule has 0 spiro atoms. The lowest BCUT2D eigenvalue weighted by Crippen LogP contribution is -2.41. The van der Waals surface area contributed by atoms with Gasteiger partial charge in [-0.3, -0.25) is 20.0 Å². The first-order valence-corrected chi connectivity index (χ1v) is 8.61. The highest BCUT2D eigenvalue weighted by Crippen LogP contribution is 2.41. The lowest BCUT2D eigenvalue weighted by molar-refractivity contribution is -0.498. The maximum atomic E-state index is 14.1. The number of ether oxygens (including phenoxy) is 2. The molecule has 0 radical (unpaired) electrons. The van der Waals surface area contributed by atoms with Crippen molar-refractivity contribution >= 4 is 11.9 Å². The van der Waals surface area contributed by atoms with Gasteiger partial charge in [-0.25, -0.2) is 14.6 Å². The van der Waals surface area contributed by atoms with E-state index in [0.717, 1.165) is 12.3 Å². The molecule has 1 fully saturated rings. The molecule has 3 atom stereocenters. The zero-order valence-corrected chi connectivity index (χ0v) is 15.5. The summed E-state index contributed by atoms with van der Waals surface area (Å²) in [6, 6.07) is 1.02. The highest BCUT2D eigenvalue weighted by molar-refractivity contribution is 5.83. The van der Waals surface area contributed by atoms with Crippen LogP contribution in [0.5, 0.6) is 0 Å². The van der Waals surface area contributed by atoms with Crippen LogP contribution in [-0.2, 0) is 22.6 Å². The minimum Gasteiger partial charge on any atom is -0.443 e. The van der Waals surface area contributed by atoms with Crippen LogP contribution in [0.4, 0.5) is 19.4 Å². The Morgan fingerprint density at radius 3 is 2.87 bits per heavy atom. The molecular weight excluding hydrogens is 430 g/mol. The van der Waals surface area contributed by atoms with Crippen molar-refractivity contribution in [3.8, 4) is 0 Å². The van der Waals surface area contributed by atoms with Crippen LogP contribution in [0, 0.1) is 10.1 Å². The predicted octanol–water partition coefficient (Wildman–Crippen LogP) is -0.622. The van der Waals surface area contributed by atoms with Gasteiger partial charge in [0.2, 0.25) is 6.23 Å². The Bertz CT molecular complexity index is 1030. The van der Waals surface area contributed by atoms with Crippen molar-refractivity contribution in [2.75, 3.05) is 11.9 Å². The zero-order chi connectivity index (χ0) is 22.8. The summed E-state index contributed by atoms with van der Waals surface area (Å²) in [5.74, 6) is -4.12. The molecule has 168 valence electrons. The Labute approximate surface area is 170 Å². The Hall–Kier alpha value is -3.50. The maximum Gasteiger partial charge on any atom is 0.413 e. The molecule has 0 bridgehead atoms. The molecule has 16 heteroatoms. The summed E-state index contributed by atoms with van der Waals surface area (Å²) in [6.07, 6.45) is -5.05. The third-order valence-electron chi connectivity index (χ3n) is 4.19. The molecule has 2 aromatic rings. The number of carbonyl (C=O) groups is 1. The van der Waals surface area contributed by atoms with E-state index >= 15 is 0 Å². The van der Waals surface area contributed by atoms with E-state index in [4.69, 9.17) is 14.6 Å². The van der Waals surface area contributed by atoms with Crippen LogP contribution in [0.1, 0.15) is 17.7 Å². The molecule has 1 aliphatic rings. The van der Waals surface area contributed by atoms with Gasteiger partial charge >= 0.3 is 17.7 Å². The fourth-order valence-electron chi connectivity index (χ4n) is 2.74. The molecule has 0 aromatic carbocycles. The SMILES string of the molecule is O=C(Nc1ccn([C@@H]2O[C@H](CO)C(O)C2(F)F)c(=O)n1)OCc1cnc(C[N+](=O)[O-])[nH]1. The topological polar surface area (TPSA) is 195 Å². The van der Waals surface area contributed by atoms with Crippen LogP contribution in [0.15, 0.2) is 23.3 Å². The third-order valence-corrected chi connectivity index (χ3v) is 4.19. The van der Waals surface area contributed by atoms with E-state index in [1.807, 2.05) is 0 Å². The van der Waals surface area contributed by atoms with Crippen LogP contribution < -0.4 is 11.0 Å². The number of carbonyl (C=O) groups excluding carboxylic acids is 1. The van der Waals surface area contributed by atoms with Gasteiger partial charge in [-0.15, -0.1) is 0 Å². The van der Waals surface area contributed by atoms with E-state index in [1.165, 1.54) is 6.20 Å². The summed E-state index contributed by atoms with van der Waals surface area (Å²) < 4.78 is 38.4.